The average Bonchev–Trinajstić information content (AvgIpc) is 2.92. The van der Waals surface area contributed by atoms with Crippen molar-refractivity contribution in [3.8, 4) is 11.1 Å². The number of sulfonamides is 1. The van der Waals surface area contributed by atoms with Gasteiger partial charge in [0.1, 0.15) is 0 Å². The third-order valence-corrected chi connectivity index (χ3v) is 5.43. The number of hydrogen-bond acceptors (Lipinski definition) is 3. The van der Waals surface area contributed by atoms with Gasteiger partial charge < -0.3 is 0 Å². The van der Waals surface area contributed by atoms with Gasteiger partial charge in [-0.2, -0.15) is 0 Å². The summed E-state index contributed by atoms with van der Waals surface area (Å²) in [7, 11) is -3.17. The number of aromatic nitrogens is 1. The summed E-state index contributed by atoms with van der Waals surface area (Å²) in [6.45, 7) is 2.23. The SMILES string of the molecule is CCS(=O)(=O)N1CCc2cc(-c3ccncc3)ccc21. The van der Waals surface area contributed by atoms with Crippen LogP contribution in [0.15, 0.2) is 42.7 Å². The molecule has 0 radical (unpaired) electrons. The lowest BCUT2D eigenvalue weighted by atomic mass is 10.0. The molecule has 0 saturated carbocycles. The second kappa shape index (κ2) is 4.90. The van der Waals surface area contributed by atoms with E-state index in [2.05, 4.69) is 11.1 Å². The fraction of sp³-hybridized carbons (Fsp3) is 0.267. The van der Waals surface area contributed by atoms with Crippen LogP contribution >= 0.6 is 0 Å². The lowest BCUT2D eigenvalue weighted by molar-refractivity contribution is 0.593. The lowest BCUT2D eigenvalue weighted by Crippen LogP contribution is -2.30. The summed E-state index contributed by atoms with van der Waals surface area (Å²) < 4.78 is 25.6. The molecule has 0 saturated heterocycles. The highest BCUT2D eigenvalue weighted by atomic mass is 32.2. The summed E-state index contributed by atoms with van der Waals surface area (Å²) in [5, 5.41) is 0. The Morgan fingerprint density at radius 3 is 2.60 bits per heavy atom. The Morgan fingerprint density at radius 2 is 1.90 bits per heavy atom. The van der Waals surface area contributed by atoms with Gasteiger partial charge in [-0.3, -0.25) is 9.29 Å². The average molecular weight is 288 g/mol. The van der Waals surface area contributed by atoms with Crippen molar-refractivity contribution in [3.63, 3.8) is 0 Å². The van der Waals surface area contributed by atoms with Crippen LogP contribution in [-0.2, 0) is 16.4 Å². The van der Waals surface area contributed by atoms with E-state index in [1.807, 2.05) is 24.3 Å². The van der Waals surface area contributed by atoms with Gasteiger partial charge in [0.15, 0.2) is 0 Å². The number of anilines is 1. The Kier molecular flexibility index (Phi) is 3.22. The van der Waals surface area contributed by atoms with Crippen molar-refractivity contribution in [2.45, 2.75) is 13.3 Å². The van der Waals surface area contributed by atoms with Crippen molar-refractivity contribution >= 4 is 15.7 Å². The zero-order valence-electron chi connectivity index (χ0n) is 11.3. The van der Waals surface area contributed by atoms with Crippen molar-refractivity contribution < 1.29 is 8.42 Å². The first-order valence-corrected chi connectivity index (χ1v) is 8.26. The minimum Gasteiger partial charge on any atom is -0.270 e. The van der Waals surface area contributed by atoms with Crippen LogP contribution in [0.2, 0.25) is 0 Å². The summed E-state index contributed by atoms with van der Waals surface area (Å²) in [4.78, 5) is 4.01. The van der Waals surface area contributed by atoms with E-state index < -0.39 is 10.0 Å². The highest BCUT2D eigenvalue weighted by Gasteiger charge is 2.28. The summed E-state index contributed by atoms with van der Waals surface area (Å²) in [6, 6.07) is 9.87. The molecule has 0 atom stereocenters. The van der Waals surface area contributed by atoms with Crippen LogP contribution in [-0.4, -0.2) is 25.7 Å². The molecule has 0 fully saturated rings. The first-order valence-electron chi connectivity index (χ1n) is 6.65. The molecule has 20 heavy (non-hydrogen) atoms. The highest BCUT2D eigenvalue weighted by Crippen LogP contribution is 2.33. The highest BCUT2D eigenvalue weighted by molar-refractivity contribution is 7.92. The maximum Gasteiger partial charge on any atom is 0.234 e. The molecule has 3 rings (SSSR count). The van der Waals surface area contributed by atoms with Crippen molar-refractivity contribution in [1.29, 1.82) is 0 Å². The molecule has 0 spiro atoms. The van der Waals surface area contributed by atoms with E-state index in [9.17, 15) is 8.42 Å². The van der Waals surface area contributed by atoms with Gasteiger partial charge in [-0.25, -0.2) is 8.42 Å². The van der Waals surface area contributed by atoms with Crippen molar-refractivity contribution in [2.24, 2.45) is 0 Å². The Balaban J connectivity index is 2.01. The molecule has 0 amide bonds. The normalized spacial score (nSPS) is 14.3. The van der Waals surface area contributed by atoms with Crippen molar-refractivity contribution in [2.75, 3.05) is 16.6 Å². The first kappa shape index (κ1) is 13.1. The van der Waals surface area contributed by atoms with Crippen LogP contribution in [0.3, 0.4) is 0 Å². The van der Waals surface area contributed by atoms with Crippen molar-refractivity contribution in [1.82, 2.24) is 4.98 Å². The van der Waals surface area contributed by atoms with E-state index >= 15 is 0 Å². The molecule has 5 heteroatoms. The topological polar surface area (TPSA) is 50.3 Å². The molecule has 0 N–H and O–H groups in total. The van der Waals surface area contributed by atoms with Crippen LogP contribution in [0.5, 0.6) is 0 Å². The fourth-order valence-corrected chi connectivity index (χ4v) is 3.70. The first-order chi connectivity index (χ1) is 9.62. The Labute approximate surface area is 119 Å². The molecule has 0 aliphatic carbocycles. The van der Waals surface area contributed by atoms with Crippen LogP contribution in [0.4, 0.5) is 5.69 Å². The number of fused-ring (bicyclic) bond motifs is 1. The standard InChI is InChI=1S/C15H16N2O2S/c1-2-20(18,19)17-10-7-14-11-13(3-4-15(14)17)12-5-8-16-9-6-12/h3-6,8-9,11H,2,7,10H2,1H3. The predicted molar refractivity (Wildman–Crippen MR) is 80.2 cm³/mol. The second-order valence-corrected chi connectivity index (χ2v) is 6.98. The van der Waals surface area contributed by atoms with E-state index in [-0.39, 0.29) is 5.75 Å². The molecule has 1 aromatic carbocycles. The zero-order chi connectivity index (χ0) is 14.2. The number of benzene rings is 1. The Morgan fingerprint density at radius 1 is 1.15 bits per heavy atom. The molecule has 0 bridgehead atoms. The summed E-state index contributed by atoms with van der Waals surface area (Å²) in [5.41, 5.74) is 4.11. The van der Waals surface area contributed by atoms with Gasteiger partial charge in [0.25, 0.3) is 0 Å². The molecule has 2 heterocycles. The summed E-state index contributed by atoms with van der Waals surface area (Å²) in [5.74, 6) is 0.137. The number of hydrogen-bond donors (Lipinski definition) is 0. The summed E-state index contributed by atoms with van der Waals surface area (Å²) in [6.07, 6.45) is 4.29. The maximum absolute atomic E-state index is 12.0. The van der Waals surface area contributed by atoms with Crippen LogP contribution in [0.1, 0.15) is 12.5 Å². The van der Waals surface area contributed by atoms with Crippen LogP contribution in [0.25, 0.3) is 11.1 Å². The molecule has 1 aromatic heterocycles. The number of nitrogens with zero attached hydrogens (tertiary/aromatic N) is 2. The Hall–Kier alpha value is -1.88. The third kappa shape index (κ3) is 2.18. The third-order valence-electron chi connectivity index (χ3n) is 3.65. The van der Waals surface area contributed by atoms with E-state index in [1.54, 1.807) is 19.3 Å². The largest absolute Gasteiger partial charge is 0.270 e. The minimum atomic E-state index is -3.17. The molecular weight excluding hydrogens is 272 g/mol. The molecule has 4 nitrogen and oxygen atoms in total. The monoisotopic (exact) mass is 288 g/mol. The number of pyridine rings is 1. The van der Waals surface area contributed by atoms with Gasteiger partial charge in [-0.05, 0) is 54.3 Å². The quantitative estimate of drug-likeness (QED) is 0.871. The van der Waals surface area contributed by atoms with E-state index in [1.165, 1.54) is 4.31 Å². The number of rotatable bonds is 3. The fourth-order valence-electron chi connectivity index (χ4n) is 2.54. The maximum atomic E-state index is 12.0. The van der Waals surface area contributed by atoms with Gasteiger partial charge in [0, 0.05) is 18.9 Å². The van der Waals surface area contributed by atoms with Gasteiger partial charge in [0.2, 0.25) is 10.0 Å². The molecule has 0 unspecified atom stereocenters. The van der Waals surface area contributed by atoms with Gasteiger partial charge >= 0.3 is 0 Å². The molecule has 1 aliphatic heterocycles. The molecule has 2 aromatic rings. The minimum absolute atomic E-state index is 0.137. The molecular formula is C15H16N2O2S. The predicted octanol–water partition coefficient (Wildman–Crippen LogP) is 2.46. The van der Waals surface area contributed by atoms with E-state index in [4.69, 9.17) is 0 Å². The second-order valence-electron chi connectivity index (χ2n) is 4.80. The van der Waals surface area contributed by atoms with Gasteiger partial charge in [0.05, 0.1) is 11.4 Å². The smallest absolute Gasteiger partial charge is 0.234 e. The van der Waals surface area contributed by atoms with Gasteiger partial charge in [-0.1, -0.05) is 6.07 Å². The van der Waals surface area contributed by atoms with Crippen molar-refractivity contribution in [3.05, 3.63) is 48.3 Å². The van der Waals surface area contributed by atoms with E-state index in [0.717, 1.165) is 28.8 Å². The zero-order valence-corrected chi connectivity index (χ0v) is 12.1. The van der Waals surface area contributed by atoms with Gasteiger partial charge in [-0.15, -0.1) is 0 Å². The Bertz CT molecular complexity index is 727. The van der Waals surface area contributed by atoms with Crippen LogP contribution in [0, 0.1) is 0 Å². The van der Waals surface area contributed by atoms with Crippen LogP contribution < -0.4 is 4.31 Å². The summed E-state index contributed by atoms with van der Waals surface area (Å²) >= 11 is 0. The molecule has 1 aliphatic rings. The molecule has 104 valence electrons. The van der Waals surface area contributed by atoms with E-state index in [0.29, 0.717) is 6.54 Å². The lowest BCUT2D eigenvalue weighted by Gasteiger charge is -2.18.